The Bertz CT molecular complexity index is 1820. The van der Waals surface area contributed by atoms with Gasteiger partial charge in [0.05, 0.1) is 38.6 Å². The van der Waals surface area contributed by atoms with Crippen molar-refractivity contribution in [2.75, 3.05) is 39.6 Å². The van der Waals surface area contributed by atoms with Crippen molar-refractivity contribution in [3.8, 4) is 33.8 Å². The molecule has 0 aromatic heterocycles. The second kappa shape index (κ2) is 25.6. The van der Waals surface area contributed by atoms with Gasteiger partial charge in [0.2, 0.25) is 0 Å². The molecule has 0 saturated heterocycles. The van der Waals surface area contributed by atoms with Crippen LogP contribution in [0.2, 0.25) is 0 Å². The maximum Gasteiger partial charge on any atom is 0.338 e. The first-order valence-corrected chi connectivity index (χ1v) is 21.2. The van der Waals surface area contributed by atoms with Gasteiger partial charge in [-0.05, 0) is 89.4 Å². The highest BCUT2D eigenvalue weighted by atomic mass is 19.1. The Kier molecular flexibility index (Phi) is 20.3. The van der Waals surface area contributed by atoms with Crippen LogP contribution in [0, 0.1) is 17.7 Å². The van der Waals surface area contributed by atoms with Gasteiger partial charge in [-0.3, -0.25) is 4.79 Å². The molecule has 8 nitrogen and oxygen atoms in total. The molecule has 0 aliphatic rings. The van der Waals surface area contributed by atoms with Crippen LogP contribution in [0.5, 0.6) is 11.5 Å². The predicted molar refractivity (Wildman–Crippen MR) is 230 cm³/mol. The Balaban J connectivity index is 1.19. The van der Waals surface area contributed by atoms with Gasteiger partial charge in [0.25, 0.3) is 5.91 Å². The van der Waals surface area contributed by atoms with Crippen LogP contribution in [0.3, 0.4) is 0 Å². The molecule has 0 atom stereocenters. The number of hydrogen-bond donors (Lipinski definition) is 2. The third-order valence-electron chi connectivity index (χ3n) is 9.96. The van der Waals surface area contributed by atoms with Crippen molar-refractivity contribution in [1.29, 1.82) is 0 Å². The number of aliphatic hydroxyl groups excluding tert-OH is 1. The van der Waals surface area contributed by atoms with Gasteiger partial charge in [0.1, 0.15) is 12.4 Å². The minimum absolute atomic E-state index is 0.0565. The van der Waals surface area contributed by atoms with E-state index in [2.05, 4.69) is 33.0 Å². The standard InChI is InChI=1S/C49H64FNO7/c1-36(2)15-9-5-7-13-28-56-46-26-25-41(34-47(46)57-29-14-8-6-10-16-37(3)4)48(53)51-27-30-55-31-32-58-49(54)39-21-19-38(20-22-39)40-23-24-42(35-52)44(33-40)43-17-11-12-18-45(43)50/h11-12,17-26,33-34,36-37,52H,5-10,13-16,27-32,35H2,1-4H3,(H,51,53). The van der Waals surface area contributed by atoms with E-state index in [4.69, 9.17) is 18.9 Å². The number of amides is 1. The average Bonchev–Trinajstić information content (AvgIpc) is 3.22. The Morgan fingerprint density at radius 1 is 0.621 bits per heavy atom. The molecule has 0 saturated carbocycles. The normalized spacial score (nSPS) is 11.2. The summed E-state index contributed by atoms with van der Waals surface area (Å²) in [5, 5.41) is 12.7. The van der Waals surface area contributed by atoms with Gasteiger partial charge in [-0.2, -0.15) is 0 Å². The fourth-order valence-electron chi connectivity index (χ4n) is 6.60. The number of esters is 1. The highest BCUT2D eigenvalue weighted by molar-refractivity contribution is 5.95. The van der Waals surface area contributed by atoms with Crippen LogP contribution in [-0.4, -0.2) is 56.6 Å². The fraction of sp³-hybridized carbons (Fsp3) is 0.469. The summed E-state index contributed by atoms with van der Waals surface area (Å²) in [5.74, 6) is 1.63. The molecule has 0 aliphatic carbocycles. The molecule has 58 heavy (non-hydrogen) atoms. The van der Waals surface area contributed by atoms with E-state index >= 15 is 0 Å². The van der Waals surface area contributed by atoms with E-state index in [1.807, 2.05) is 18.2 Å². The molecule has 314 valence electrons. The summed E-state index contributed by atoms with van der Waals surface area (Å²) in [5.41, 5.74) is 4.17. The van der Waals surface area contributed by atoms with Crippen LogP contribution in [-0.2, 0) is 16.1 Å². The predicted octanol–water partition coefficient (Wildman–Crippen LogP) is 11.2. The lowest BCUT2D eigenvalue weighted by Gasteiger charge is -2.15. The first kappa shape index (κ1) is 46.0. The summed E-state index contributed by atoms with van der Waals surface area (Å²) in [7, 11) is 0. The fourth-order valence-corrected chi connectivity index (χ4v) is 6.60. The van der Waals surface area contributed by atoms with E-state index < -0.39 is 5.97 Å². The van der Waals surface area contributed by atoms with Crippen molar-refractivity contribution in [3.05, 3.63) is 107 Å². The molecule has 4 rings (SSSR count). The lowest BCUT2D eigenvalue weighted by atomic mass is 9.94. The van der Waals surface area contributed by atoms with Gasteiger partial charge in [0, 0.05) is 17.7 Å². The molecule has 4 aromatic carbocycles. The van der Waals surface area contributed by atoms with Crippen LogP contribution >= 0.6 is 0 Å². The maximum atomic E-state index is 14.6. The number of carbonyl (C=O) groups excluding carboxylic acids is 2. The van der Waals surface area contributed by atoms with Gasteiger partial charge in [-0.1, -0.05) is 122 Å². The monoisotopic (exact) mass is 797 g/mol. The Morgan fingerprint density at radius 3 is 1.90 bits per heavy atom. The summed E-state index contributed by atoms with van der Waals surface area (Å²) >= 11 is 0. The molecule has 1 amide bonds. The molecule has 0 unspecified atom stereocenters. The van der Waals surface area contributed by atoms with Crippen molar-refractivity contribution in [3.63, 3.8) is 0 Å². The summed E-state index contributed by atoms with van der Waals surface area (Å²) in [6.45, 7) is 10.8. The molecule has 0 aliphatic heterocycles. The summed E-state index contributed by atoms with van der Waals surface area (Å²) < 4.78 is 37.9. The van der Waals surface area contributed by atoms with E-state index in [1.54, 1.807) is 60.7 Å². The Labute approximate surface area is 345 Å². The third kappa shape index (κ3) is 15.9. The number of unbranched alkanes of at least 4 members (excludes halogenated alkanes) is 6. The smallest absolute Gasteiger partial charge is 0.338 e. The van der Waals surface area contributed by atoms with Gasteiger partial charge in [-0.15, -0.1) is 0 Å². The lowest BCUT2D eigenvalue weighted by molar-refractivity contribution is 0.0322. The molecule has 0 heterocycles. The third-order valence-corrected chi connectivity index (χ3v) is 9.96. The number of halogens is 1. The molecule has 0 fully saturated rings. The number of ether oxygens (including phenoxy) is 4. The zero-order valence-corrected chi connectivity index (χ0v) is 35.0. The molecule has 0 radical (unpaired) electrons. The van der Waals surface area contributed by atoms with E-state index in [0.29, 0.717) is 52.5 Å². The summed E-state index contributed by atoms with van der Waals surface area (Å²) in [6, 6.07) is 24.2. The number of nitrogens with one attached hydrogen (secondary N) is 1. The van der Waals surface area contributed by atoms with Crippen LogP contribution in [0.4, 0.5) is 4.39 Å². The largest absolute Gasteiger partial charge is 0.490 e. The Hall–Kier alpha value is -4.73. The van der Waals surface area contributed by atoms with Crippen LogP contribution in [0.15, 0.2) is 84.9 Å². The number of carbonyl (C=O) groups is 2. The van der Waals surface area contributed by atoms with Crippen molar-refractivity contribution in [1.82, 2.24) is 5.32 Å². The van der Waals surface area contributed by atoms with E-state index in [0.717, 1.165) is 48.6 Å². The quantitative estimate of drug-likeness (QED) is 0.0457. The van der Waals surface area contributed by atoms with Crippen LogP contribution in [0.25, 0.3) is 22.3 Å². The van der Waals surface area contributed by atoms with Gasteiger partial charge in [-0.25, -0.2) is 9.18 Å². The number of benzene rings is 4. The second-order valence-corrected chi connectivity index (χ2v) is 15.6. The van der Waals surface area contributed by atoms with Gasteiger partial charge in [0.15, 0.2) is 11.5 Å². The van der Waals surface area contributed by atoms with Crippen molar-refractivity contribution < 1.29 is 38.0 Å². The molecular formula is C49H64FNO7. The molecule has 4 aromatic rings. The molecule has 2 N–H and O–H groups in total. The Morgan fingerprint density at radius 2 is 1.24 bits per heavy atom. The summed E-state index contributed by atoms with van der Waals surface area (Å²) in [4.78, 5) is 25.7. The second-order valence-electron chi connectivity index (χ2n) is 15.6. The maximum absolute atomic E-state index is 14.6. The topological polar surface area (TPSA) is 103 Å². The van der Waals surface area contributed by atoms with E-state index in [1.165, 1.54) is 44.6 Å². The minimum Gasteiger partial charge on any atom is -0.490 e. The highest BCUT2D eigenvalue weighted by Gasteiger charge is 2.14. The summed E-state index contributed by atoms with van der Waals surface area (Å²) in [6.07, 6.45) is 11.5. The molecule has 0 spiro atoms. The van der Waals surface area contributed by atoms with Gasteiger partial charge >= 0.3 is 5.97 Å². The zero-order valence-electron chi connectivity index (χ0n) is 35.0. The average molecular weight is 798 g/mol. The highest BCUT2D eigenvalue weighted by Crippen LogP contribution is 2.32. The first-order valence-electron chi connectivity index (χ1n) is 21.2. The SMILES string of the molecule is CC(C)CCCCCCOc1ccc(C(=O)NCCOCCOC(=O)c2ccc(-c3ccc(CO)c(-c4ccccc4F)c3)cc2)cc1OCCCCCCC(C)C. The molecular weight excluding hydrogens is 734 g/mol. The lowest BCUT2D eigenvalue weighted by Crippen LogP contribution is -2.27. The minimum atomic E-state index is -0.482. The van der Waals surface area contributed by atoms with Gasteiger partial charge < -0.3 is 29.4 Å². The van der Waals surface area contributed by atoms with Crippen LogP contribution in [0.1, 0.15) is 118 Å². The molecule has 9 heteroatoms. The zero-order chi connectivity index (χ0) is 41.5. The van der Waals surface area contributed by atoms with Crippen molar-refractivity contribution in [2.45, 2.75) is 98.5 Å². The molecule has 0 bridgehead atoms. The number of hydrogen-bond acceptors (Lipinski definition) is 7. The number of rotatable bonds is 27. The van der Waals surface area contributed by atoms with E-state index in [-0.39, 0.29) is 44.7 Å². The van der Waals surface area contributed by atoms with E-state index in [9.17, 15) is 19.1 Å². The van der Waals surface area contributed by atoms with Crippen molar-refractivity contribution >= 4 is 11.9 Å². The number of aliphatic hydroxyl groups is 1. The first-order chi connectivity index (χ1) is 28.2. The van der Waals surface area contributed by atoms with Crippen LogP contribution < -0.4 is 14.8 Å². The van der Waals surface area contributed by atoms with Crippen molar-refractivity contribution in [2.24, 2.45) is 11.8 Å².